The molecule has 0 radical (unpaired) electrons. The van der Waals surface area contributed by atoms with Crippen LogP contribution in [0.5, 0.6) is 0 Å². The maximum atomic E-state index is 12.9. The van der Waals surface area contributed by atoms with Gasteiger partial charge in [-0.2, -0.15) is 0 Å². The van der Waals surface area contributed by atoms with Gasteiger partial charge in [-0.1, -0.05) is 37.6 Å². The number of carbonyl (C=O) groups excluding carboxylic acids is 2. The predicted molar refractivity (Wildman–Crippen MR) is 112 cm³/mol. The highest BCUT2D eigenvalue weighted by Gasteiger charge is 2.23. The monoisotopic (exact) mass is 438 g/mol. The molecule has 29 heavy (non-hydrogen) atoms. The summed E-state index contributed by atoms with van der Waals surface area (Å²) >= 11 is 5.94. The number of anilines is 1. The molecule has 0 saturated heterocycles. The molecule has 0 saturated carbocycles. The van der Waals surface area contributed by atoms with Crippen molar-refractivity contribution >= 4 is 39.2 Å². The molecule has 1 N–H and O–H groups in total. The summed E-state index contributed by atoms with van der Waals surface area (Å²) in [6, 6.07) is 11.9. The molecule has 0 aromatic heterocycles. The van der Waals surface area contributed by atoms with Crippen molar-refractivity contribution in [3.05, 3.63) is 59.1 Å². The third-order valence-corrected chi connectivity index (χ3v) is 5.96. The molecule has 2 aromatic carbocycles. The molecule has 0 bridgehead atoms. The van der Waals surface area contributed by atoms with E-state index in [4.69, 9.17) is 16.3 Å². The van der Waals surface area contributed by atoms with Gasteiger partial charge >= 0.3 is 5.97 Å². The van der Waals surface area contributed by atoms with E-state index in [1.54, 1.807) is 18.2 Å². The van der Waals surface area contributed by atoms with E-state index in [1.165, 1.54) is 37.4 Å². The van der Waals surface area contributed by atoms with Crippen molar-refractivity contribution in [3.63, 3.8) is 0 Å². The fourth-order valence-corrected chi connectivity index (χ4v) is 3.75. The Kier molecular flexibility index (Phi) is 7.64. The Morgan fingerprint density at radius 1 is 1.14 bits per heavy atom. The van der Waals surface area contributed by atoms with Crippen LogP contribution in [0.25, 0.3) is 0 Å². The van der Waals surface area contributed by atoms with E-state index in [0.717, 1.165) is 4.31 Å². The number of hydrogen-bond acceptors (Lipinski definition) is 5. The van der Waals surface area contributed by atoms with Crippen molar-refractivity contribution < 1.29 is 22.7 Å². The molecule has 0 aliphatic rings. The van der Waals surface area contributed by atoms with E-state index in [2.05, 4.69) is 5.32 Å². The molecule has 9 heteroatoms. The maximum absolute atomic E-state index is 12.9. The number of nitrogens with one attached hydrogen (secondary N) is 1. The number of esters is 1. The first-order chi connectivity index (χ1) is 13.6. The van der Waals surface area contributed by atoms with Crippen LogP contribution < -0.4 is 9.62 Å². The van der Waals surface area contributed by atoms with Crippen LogP contribution in [0.15, 0.2) is 53.4 Å². The lowest BCUT2D eigenvalue weighted by molar-refractivity contribution is -0.124. The number of ether oxygens (including phenoxy) is 1. The lowest BCUT2D eigenvalue weighted by Gasteiger charge is -2.20. The second kappa shape index (κ2) is 9.76. The van der Waals surface area contributed by atoms with Gasteiger partial charge in [0.25, 0.3) is 15.9 Å². The van der Waals surface area contributed by atoms with Gasteiger partial charge in [-0.3, -0.25) is 9.10 Å². The Balaban J connectivity index is 2.13. The zero-order valence-corrected chi connectivity index (χ0v) is 18.0. The van der Waals surface area contributed by atoms with Crippen molar-refractivity contribution in [1.82, 2.24) is 5.32 Å². The summed E-state index contributed by atoms with van der Waals surface area (Å²) in [5, 5.41) is 3.03. The minimum atomic E-state index is -3.93. The van der Waals surface area contributed by atoms with E-state index in [9.17, 15) is 18.0 Å². The molecule has 0 heterocycles. The van der Waals surface area contributed by atoms with Gasteiger partial charge in [-0.15, -0.1) is 0 Å². The van der Waals surface area contributed by atoms with Gasteiger partial charge in [0.2, 0.25) is 0 Å². The topological polar surface area (TPSA) is 92.8 Å². The number of halogens is 1. The van der Waals surface area contributed by atoms with E-state index in [-0.39, 0.29) is 16.4 Å². The summed E-state index contributed by atoms with van der Waals surface area (Å²) in [6.07, 6.45) is 0. The van der Waals surface area contributed by atoms with Crippen LogP contribution >= 0.6 is 11.6 Å². The number of rotatable bonds is 8. The Labute approximate surface area is 175 Å². The van der Waals surface area contributed by atoms with Crippen molar-refractivity contribution in [2.45, 2.75) is 18.7 Å². The number of carbonyl (C=O) groups is 2. The molecule has 2 aromatic rings. The smallest absolute Gasteiger partial charge is 0.338 e. The minimum absolute atomic E-state index is 0.0298. The molecule has 0 unspecified atom stereocenters. The van der Waals surface area contributed by atoms with E-state index < -0.39 is 28.5 Å². The van der Waals surface area contributed by atoms with Crippen LogP contribution in [0.1, 0.15) is 24.2 Å². The van der Waals surface area contributed by atoms with Crippen molar-refractivity contribution in [1.29, 1.82) is 0 Å². The SMILES string of the molecule is CC(C)CNC(=O)COC(=O)c1cccc(S(=O)(=O)N(C)c2cccc(Cl)c2)c1. The molecule has 156 valence electrons. The Morgan fingerprint density at radius 2 is 1.83 bits per heavy atom. The number of sulfonamides is 1. The summed E-state index contributed by atoms with van der Waals surface area (Å²) in [4.78, 5) is 23.8. The van der Waals surface area contributed by atoms with E-state index >= 15 is 0 Å². The zero-order chi connectivity index (χ0) is 21.6. The maximum Gasteiger partial charge on any atom is 0.338 e. The van der Waals surface area contributed by atoms with Gasteiger partial charge in [0.15, 0.2) is 6.61 Å². The van der Waals surface area contributed by atoms with Gasteiger partial charge in [0.05, 0.1) is 16.1 Å². The molecule has 0 fully saturated rings. The Bertz CT molecular complexity index is 992. The van der Waals surface area contributed by atoms with Gasteiger partial charge in [-0.25, -0.2) is 13.2 Å². The molecular weight excluding hydrogens is 416 g/mol. The summed E-state index contributed by atoms with van der Waals surface area (Å²) < 4.78 is 31.8. The largest absolute Gasteiger partial charge is 0.452 e. The third-order valence-electron chi connectivity index (χ3n) is 3.94. The fourth-order valence-electron chi connectivity index (χ4n) is 2.34. The van der Waals surface area contributed by atoms with E-state index in [1.807, 2.05) is 13.8 Å². The highest BCUT2D eigenvalue weighted by Crippen LogP contribution is 2.25. The summed E-state index contributed by atoms with van der Waals surface area (Å²) in [6.45, 7) is 3.92. The molecule has 2 rings (SSSR count). The van der Waals surface area contributed by atoms with Gasteiger partial charge in [-0.05, 0) is 42.3 Å². The molecular formula is C20H23ClN2O5S. The Morgan fingerprint density at radius 3 is 2.48 bits per heavy atom. The van der Waals surface area contributed by atoms with Crippen LogP contribution in [-0.4, -0.2) is 40.5 Å². The van der Waals surface area contributed by atoms with Gasteiger partial charge in [0, 0.05) is 18.6 Å². The normalized spacial score (nSPS) is 11.2. The third kappa shape index (κ3) is 6.20. The first-order valence-electron chi connectivity index (χ1n) is 8.89. The molecule has 1 amide bonds. The van der Waals surface area contributed by atoms with Crippen LogP contribution in [0.3, 0.4) is 0 Å². The second-order valence-corrected chi connectivity index (χ2v) is 9.16. The molecule has 7 nitrogen and oxygen atoms in total. The molecule has 0 spiro atoms. The standard InChI is InChI=1S/C20H23ClN2O5S/c1-14(2)12-22-19(24)13-28-20(25)15-6-4-9-18(10-15)29(26,27)23(3)17-8-5-7-16(21)11-17/h4-11,14H,12-13H2,1-3H3,(H,22,24). The zero-order valence-electron chi connectivity index (χ0n) is 16.4. The molecule has 0 aliphatic carbocycles. The van der Waals surface area contributed by atoms with Crippen LogP contribution in [0, 0.1) is 5.92 Å². The highest BCUT2D eigenvalue weighted by atomic mass is 35.5. The minimum Gasteiger partial charge on any atom is -0.452 e. The Hall–Kier alpha value is -2.58. The number of nitrogens with zero attached hydrogens (tertiary/aromatic N) is 1. The average Bonchev–Trinajstić information content (AvgIpc) is 2.69. The number of benzene rings is 2. The van der Waals surface area contributed by atoms with Crippen LogP contribution in [-0.2, 0) is 19.6 Å². The first kappa shape index (κ1) is 22.7. The van der Waals surface area contributed by atoms with Gasteiger partial charge in [0.1, 0.15) is 0 Å². The highest BCUT2D eigenvalue weighted by molar-refractivity contribution is 7.92. The summed E-state index contributed by atoms with van der Waals surface area (Å²) in [5.41, 5.74) is 0.412. The number of hydrogen-bond donors (Lipinski definition) is 1. The number of amides is 1. The summed E-state index contributed by atoms with van der Waals surface area (Å²) in [5.74, 6) is -0.934. The lowest BCUT2D eigenvalue weighted by atomic mass is 10.2. The van der Waals surface area contributed by atoms with Crippen molar-refractivity contribution in [2.24, 2.45) is 5.92 Å². The van der Waals surface area contributed by atoms with E-state index in [0.29, 0.717) is 17.3 Å². The first-order valence-corrected chi connectivity index (χ1v) is 10.7. The second-order valence-electron chi connectivity index (χ2n) is 6.75. The fraction of sp³-hybridized carbons (Fsp3) is 0.300. The van der Waals surface area contributed by atoms with Gasteiger partial charge < -0.3 is 10.1 Å². The van der Waals surface area contributed by atoms with Crippen molar-refractivity contribution in [3.8, 4) is 0 Å². The van der Waals surface area contributed by atoms with Crippen LogP contribution in [0.4, 0.5) is 5.69 Å². The summed E-state index contributed by atoms with van der Waals surface area (Å²) in [7, 11) is -2.53. The predicted octanol–water partition coefficient (Wildman–Crippen LogP) is 3.09. The quantitative estimate of drug-likeness (QED) is 0.639. The van der Waals surface area contributed by atoms with Crippen molar-refractivity contribution in [2.75, 3.05) is 24.5 Å². The van der Waals surface area contributed by atoms with Crippen LogP contribution in [0.2, 0.25) is 5.02 Å². The molecule has 0 atom stereocenters. The average molecular weight is 439 g/mol. The molecule has 0 aliphatic heterocycles. The lowest BCUT2D eigenvalue weighted by Crippen LogP contribution is -2.31.